The SMILES string of the molecule is COC(=O)/C=C/c1ccc2c(c1)[C@@H](COC(=N)N)c1cc(Br)ccc1O2. The first-order valence-corrected chi connectivity index (χ1v) is 8.61. The summed E-state index contributed by atoms with van der Waals surface area (Å²) >= 11 is 3.48. The van der Waals surface area contributed by atoms with E-state index in [4.69, 9.17) is 20.6 Å². The predicted molar refractivity (Wildman–Crippen MR) is 101 cm³/mol. The number of esters is 1. The Kier molecular flexibility index (Phi) is 5.27. The summed E-state index contributed by atoms with van der Waals surface area (Å²) < 4.78 is 16.8. The van der Waals surface area contributed by atoms with E-state index < -0.39 is 5.97 Å². The molecule has 1 atom stereocenters. The Morgan fingerprint density at radius 1 is 1.27 bits per heavy atom. The number of hydrogen-bond acceptors (Lipinski definition) is 5. The van der Waals surface area contributed by atoms with Crippen LogP contribution in [0.2, 0.25) is 0 Å². The van der Waals surface area contributed by atoms with Crippen LogP contribution in [0.1, 0.15) is 22.6 Å². The topological polar surface area (TPSA) is 94.6 Å². The van der Waals surface area contributed by atoms with Crippen molar-refractivity contribution >= 4 is 34.0 Å². The summed E-state index contributed by atoms with van der Waals surface area (Å²) in [5, 5.41) is 7.35. The molecule has 0 aromatic heterocycles. The van der Waals surface area contributed by atoms with Crippen LogP contribution < -0.4 is 10.5 Å². The molecule has 3 N–H and O–H groups in total. The number of halogens is 1. The third-order valence-corrected chi connectivity index (χ3v) is 4.49. The van der Waals surface area contributed by atoms with Gasteiger partial charge in [-0.3, -0.25) is 5.41 Å². The molecule has 0 radical (unpaired) electrons. The van der Waals surface area contributed by atoms with E-state index in [9.17, 15) is 4.79 Å². The minimum atomic E-state index is -0.426. The fraction of sp³-hybridized carbons (Fsp3) is 0.158. The molecule has 134 valence electrons. The van der Waals surface area contributed by atoms with Crippen LogP contribution in [-0.4, -0.2) is 25.7 Å². The minimum absolute atomic E-state index is 0.165. The van der Waals surface area contributed by atoms with E-state index in [2.05, 4.69) is 20.7 Å². The number of methoxy groups -OCH3 is 1. The molecule has 1 aliphatic heterocycles. The summed E-state index contributed by atoms with van der Waals surface area (Å²) in [6.07, 6.45) is 3.03. The highest BCUT2D eigenvalue weighted by Gasteiger charge is 2.28. The Balaban J connectivity index is 2.01. The maximum absolute atomic E-state index is 11.3. The van der Waals surface area contributed by atoms with Crippen LogP contribution in [0.4, 0.5) is 0 Å². The lowest BCUT2D eigenvalue weighted by Gasteiger charge is -2.28. The number of amidine groups is 1. The molecule has 0 unspecified atom stereocenters. The van der Waals surface area contributed by atoms with Gasteiger partial charge in [-0.05, 0) is 42.0 Å². The number of hydrogen-bond donors (Lipinski definition) is 2. The zero-order chi connectivity index (χ0) is 18.7. The molecule has 0 bridgehead atoms. The molecule has 2 aromatic rings. The van der Waals surface area contributed by atoms with E-state index in [1.165, 1.54) is 13.2 Å². The normalized spacial score (nSPS) is 14.9. The molecule has 6 nitrogen and oxygen atoms in total. The van der Waals surface area contributed by atoms with E-state index in [0.29, 0.717) is 5.75 Å². The zero-order valence-electron chi connectivity index (χ0n) is 14.0. The monoisotopic (exact) mass is 416 g/mol. The first kappa shape index (κ1) is 18.0. The molecule has 7 heteroatoms. The average Bonchev–Trinajstić information content (AvgIpc) is 2.63. The molecule has 0 spiro atoms. The van der Waals surface area contributed by atoms with Crippen LogP contribution in [0.25, 0.3) is 6.08 Å². The van der Waals surface area contributed by atoms with Gasteiger partial charge < -0.3 is 19.9 Å². The van der Waals surface area contributed by atoms with E-state index in [-0.39, 0.29) is 18.5 Å². The first-order chi connectivity index (χ1) is 12.5. The molecule has 26 heavy (non-hydrogen) atoms. The summed E-state index contributed by atoms with van der Waals surface area (Å²) in [5.74, 6) is 0.842. The highest BCUT2D eigenvalue weighted by atomic mass is 79.9. The van der Waals surface area contributed by atoms with Gasteiger partial charge in [0.1, 0.15) is 18.1 Å². The number of nitrogens with two attached hydrogens (primary N) is 1. The lowest BCUT2D eigenvalue weighted by molar-refractivity contribution is -0.134. The standard InChI is InChI=1S/C19H17BrN2O4/c1-24-18(23)7-3-11-2-5-16-13(8-11)15(10-25-19(21)22)14-9-12(20)4-6-17(14)26-16/h2-9,15H,10H2,1H3,(H3,21,22)/b7-3+/t15-/m1/s1. The summed E-state index contributed by atoms with van der Waals surface area (Å²) in [6.45, 7) is 0.208. The van der Waals surface area contributed by atoms with Gasteiger partial charge in [0.25, 0.3) is 6.02 Å². The van der Waals surface area contributed by atoms with Gasteiger partial charge in [-0.1, -0.05) is 22.0 Å². The molecule has 2 aromatic carbocycles. The Morgan fingerprint density at radius 2 is 1.96 bits per heavy atom. The highest BCUT2D eigenvalue weighted by Crippen LogP contribution is 2.45. The molecule has 0 saturated carbocycles. The number of ether oxygens (including phenoxy) is 3. The zero-order valence-corrected chi connectivity index (χ0v) is 15.6. The van der Waals surface area contributed by atoms with Crippen LogP contribution >= 0.6 is 15.9 Å². The van der Waals surface area contributed by atoms with Crippen molar-refractivity contribution < 1.29 is 19.0 Å². The second-order valence-corrected chi connectivity index (χ2v) is 6.58. The smallest absolute Gasteiger partial charge is 0.330 e. The molecular formula is C19H17BrN2O4. The molecule has 0 saturated heterocycles. The van der Waals surface area contributed by atoms with Gasteiger partial charge in [-0.2, -0.15) is 0 Å². The fourth-order valence-corrected chi connectivity index (χ4v) is 3.17. The van der Waals surface area contributed by atoms with Gasteiger partial charge >= 0.3 is 5.97 Å². The summed E-state index contributed by atoms with van der Waals surface area (Å²) in [4.78, 5) is 11.3. The number of carbonyl (C=O) groups excluding carboxylic acids is 1. The Hall–Kier alpha value is -2.80. The Morgan fingerprint density at radius 3 is 2.65 bits per heavy atom. The fourth-order valence-electron chi connectivity index (χ4n) is 2.79. The Bertz CT molecular complexity index is 895. The van der Waals surface area contributed by atoms with Crippen molar-refractivity contribution in [3.05, 3.63) is 63.6 Å². The van der Waals surface area contributed by atoms with Crippen LogP contribution in [0.5, 0.6) is 11.5 Å². The number of benzene rings is 2. The summed E-state index contributed by atoms with van der Waals surface area (Å²) in [6, 6.07) is 11.0. The third-order valence-electron chi connectivity index (χ3n) is 3.99. The average molecular weight is 417 g/mol. The van der Waals surface area contributed by atoms with Crippen LogP contribution in [0.15, 0.2) is 46.9 Å². The van der Waals surface area contributed by atoms with Crippen LogP contribution in [-0.2, 0) is 14.3 Å². The van der Waals surface area contributed by atoms with E-state index in [0.717, 1.165) is 26.9 Å². The predicted octanol–water partition coefficient (Wildman–Crippen LogP) is 3.78. The van der Waals surface area contributed by atoms with Crippen molar-refractivity contribution in [3.8, 4) is 11.5 Å². The largest absolute Gasteiger partial charge is 0.466 e. The highest BCUT2D eigenvalue weighted by molar-refractivity contribution is 9.10. The van der Waals surface area contributed by atoms with Gasteiger partial charge in [0, 0.05) is 21.7 Å². The van der Waals surface area contributed by atoms with Crippen molar-refractivity contribution in [2.75, 3.05) is 13.7 Å². The van der Waals surface area contributed by atoms with Gasteiger partial charge in [0.05, 0.1) is 13.0 Å². The van der Waals surface area contributed by atoms with Gasteiger partial charge in [0.2, 0.25) is 0 Å². The quantitative estimate of drug-likeness (QED) is 0.342. The number of carbonyl (C=O) groups is 1. The second kappa shape index (κ2) is 7.61. The molecular weight excluding hydrogens is 400 g/mol. The van der Waals surface area contributed by atoms with Gasteiger partial charge in [-0.25, -0.2) is 4.79 Å². The van der Waals surface area contributed by atoms with E-state index in [1.54, 1.807) is 6.08 Å². The van der Waals surface area contributed by atoms with Crippen molar-refractivity contribution in [1.82, 2.24) is 0 Å². The summed E-state index contributed by atoms with van der Waals surface area (Å²) in [7, 11) is 1.33. The van der Waals surface area contributed by atoms with Crippen LogP contribution in [0, 0.1) is 5.41 Å². The third kappa shape index (κ3) is 3.88. The molecule has 1 aliphatic rings. The van der Waals surface area contributed by atoms with E-state index >= 15 is 0 Å². The lowest BCUT2D eigenvalue weighted by atomic mass is 9.87. The first-order valence-electron chi connectivity index (χ1n) is 7.82. The summed E-state index contributed by atoms with van der Waals surface area (Å²) in [5.41, 5.74) is 8.01. The maximum atomic E-state index is 11.3. The lowest BCUT2D eigenvalue weighted by Crippen LogP contribution is -2.21. The van der Waals surface area contributed by atoms with Crippen molar-refractivity contribution in [3.63, 3.8) is 0 Å². The molecule has 0 fully saturated rings. The van der Waals surface area contributed by atoms with Gasteiger partial charge in [0.15, 0.2) is 0 Å². The number of nitrogens with one attached hydrogen (secondary N) is 1. The molecule has 0 amide bonds. The van der Waals surface area contributed by atoms with Crippen molar-refractivity contribution in [2.45, 2.75) is 5.92 Å². The maximum Gasteiger partial charge on any atom is 0.330 e. The number of fused-ring (bicyclic) bond motifs is 2. The van der Waals surface area contributed by atoms with Crippen LogP contribution in [0.3, 0.4) is 0 Å². The second-order valence-electron chi connectivity index (χ2n) is 5.67. The minimum Gasteiger partial charge on any atom is -0.466 e. The molecule has 1 heterocycles. The number of rotatable bonds is 4. The van der Waals surface area contributed by atoms with Gasteiger partial charge in [-0.15, -0.1) is 0 Å². The van der Waals surface area contributed by atoms with Crippen molar-refractivity contribution in [1.29, 1.82) is 5.41 Å². The van der Waals surface area contributed by atoms with E-state index in [1.807, 2.05) is 36.4 Å². The Labute approximate surface area is 159 Å². The molecule has 0 aliphatic carbocycles. The molecule has 3 rings (SSSR count). The van der Waals surface area contributed by atoms with Crippen molar-refractivity contribution in [2.24, 2.45) is 5.73 Å².